The molecule has 1 fully saturated rings. The fourth-order valence-corrected chi connectivity index (χ4v) is 4.70. The van der Waals surface area contributed by atoms with Crippen molar-refractivity contribution in [2.75, 3.05) is 11.9 Å². The van der Waals surface area contributed by atoms with Crippen LogP contribution in [-0.2, 0) is 11.2 Å². The lowest BCUT2D eigenvalue weighted by molar-refractivity contribution is -0.140. The highest BCUT2D eigenvalue weighted by Gasteiger charge is 2.59. The van der Waals surface area contributed by atoms with Crippen LogP contribution in [0, 0.1) is 0 Å². The molecule has 3 rings (SSSR count). The van der Waals surface area contributed by atoms with Gasteiger partial charge in [0, 0.05) is 12.4 Å². The summed E-state index contributed by atoms with van der Waals surface area (Å²) >= 11 is 0. The van der Waals surface area contributed by atoms with E-state index in [0.29, 0.717) is 16.6 Å². The molecule has 13 heteroatoms. The molecule has 3 atom stereocenters. The summed E-state index contributed by atoms with van der Waals surface area (Å²) < 4.78 is 34.2. The number of carboxylic acid groups (broad SMARTS) is 1. The summed E-state index contributed by atoms with van der Waals surface area (Å²) in [5.41, 5.74) is -1.39. The summed E-state index contributed by atoms with van der Waals surface area (Å²) in [5.74, 6) is -6.48. The number of nitrogens with one attached hydrogen (secondary N) is 1. The van der Waals surface area contributed by atoms with Crippen LogP contribution in [0.25, 0.3) is 0 Å². The number of aliphatic hydroxyl groups is 2. The molecular formula is C27H36F2N4O7. The van der Waals surface area contributed by atoms with E-state index >= 15 is 0 Å². The maximum absolute atomic E-state index is 14.4. The molecule has 0 aliphatic carbocycles. The Hall–Kier alpha value is -3.29. The number of anilines is 1. The number of halogens is 2. The molecule has 220 valence electrons. The van der Waals surface area contributed by atoms with Crippen molar-refractivity contribution in [3.8, 4) is 0 Å². The van der Waals surface area contributed by atoms with Crippen molar-refractivity contribution in [3.05, 3.63) is 51.8 Å². The molecule has 0 spiro atoms. The van der Waals surface area contributed by atoms with Crippen molar-refractivity contribution in [1.29, 1.82) is 0 Å². The Morgan fingerprint density at radius 2 is 1.75 bits per heavy atom. The Kier molecular flexibility index (Phi) is 11.2. The van der Waals surface area contributed by atoms with Crippen molar-refractivity contribution in [3.63, 3.8) is 0 Å². The van der Waals surface area contributed by atoms with Crippen molar-refractivity contribution in [2.45, 2.75) is 95.5 Å². The Bertz CT molecular complexity index is 1220. The largest absolute Gasteiger partial charge is 0.478 e. The number of ether oxygens (including phenoxy) is 1. The molecule has 1 aliphatic heterocycles. The minimum absolute atomic E-state index is 0.254. The fraction of sp³-hybridized carbons (Fsp3) is 0.593. The first-order valence-corrected chi connectivity index (χ1v) is 13.6. The van der Waals surface area contributed by atoms with Crippen LogP contribution in [0.2, 0.25) is 0 Å². The second kappa shape index (κ2) is 14.4. The van der Waals surface area contributed by atoms with Gasteiger partial charge >= 0.3 is 17.6 Å². The van der Waals surface area contributed by atoms with E-state index < -0.39 is 48.5 Å². The SMILES string of the molecule is CCCCCCCCCCCc1ccnc(C(=O)Nc2ccn([C@@H]3O[C@H](CO)[C@@H](O)C3(F)F)c(=O)n2)c1C(=O)O. The van der Waals surface area contributed by atoms with E-state index in [0.717, 1.165) is 37.9 Å². The van der Waals surface area contributed by atoms with Gasteiger partial charge in [0.25, 0.3) is 5.91 Å². The number of aromatic nitrogens is 3. The number of amides is 1. The highest BCUT2D eigenvalue weighted by molar-refractivity contribution is 6.09. The highest BCUT2D eigenvalue weighted by Crippen LogP contribution is 2.42. The summed E-state index contributed by atoms with van der Waals surface area (Å²) in [5, 5.41) is 30.9. The average Bonchev–Trinajstić information content (AvgIpc) is 3.15. The first-order chi connectivity index (χ1) is 19.1. The zero-order valence-corrected chi connectivity index (χ0v) is 22.4. The van der Waals surface area contributed by atoms with E-state index in [4.69, 9.17) is 9.84 Å². The minimum Gasteiger partial charge on any atom is -0.478 e. The molecular weight excluding hydrogens is 530 g/mol. The van der Waals surface area contributed by atoms with Gasteiger partial charge in [0.2, 0.25) is 6.23 Å². The summed E-state index contributed by atoms with van der Waals surface area (Å²) in [7, 11) is 0. The third-order valence-electron chi connectivity index (χ3n) is 6.90. The Balaban J connectivity index is 1.66. The van der Waals surface area contributed by atoms with Crippen molar-refractivity contribution >= 4 is 17.7 Å². The molecule has 11 nitrogen and oxygen atoms in total. The zero-order valence-electron chi connectivity index (χ0n) is 22.4. The van der Waals surface area contributed by atoms with Gasteiger partial charge in [-0.1, -0.05) is 58.3 Å². The maximum atomic E-state index is 14.4. The Morgan fingerprint density at radius 1 is 1.10 bits per heavy atom. The third-order valence-corrected chi connectivity index (χ3v) is 6.90. The van der Waals surface area contributed by atoms with Crippen LogP contribution in [0.1, 0.15) is 97.3 Å². The quantitative estimate of drug-likeness (QED) is 0.236. The van der Waals surface area contributed by atoms with E-state index in [1.54, 1.807) is 6.07 Å². The van der Waals surface area contributed by atoms with E-state index in [2.05, 4.69) is 22.2 Å². The molecule has 0 bridgehead atoms. The molecule has 2 aromatic heterocycles. The van der Waals surface area contributed by atoms with E-state index in [-0.39, 0.29) is 17.1 Å². The van der Waals surface area contributed by atoms with Crippen LogP contribution in [0.5, 0.6) is 0 Å². The summed E-state index contributed by atoms with van der Waals surface area (Å²) in [6.07, 6.45) is 6.46. The molecule has 1 saturated heterocycles. The minimum atomic E-state index is -3.89. The molecule has 40 heavy (non-hydrogen) atoms. The molecule has 0 unspecified atom stereocenters. The number of hydrogen-bond donors (Lipinski definition) is 4. The van der Waals surface area contributed by atoms with Gasteiger partial charge < -0.3 is 25.4 Å². The number of unbranched alkanes of at least 4 members (excludes halogenated alkanes) is 8. The van der Waals surface area contributed by atoms with E-state index in [1.165, 1.54) is 38.3 Å². The van der Waals surface area contributed by atoms with E-state index in [1.807, 2.05) is 0 Å². The standard InChI is InChI=1S/C27H36F2N4O7/c1-2-3-4-5-6-7-8-9-10-11-17-12-14-30-21(20(17)24(37)38)23(36)31-19-13-15-33(26(39)32-19)25-27(28,29)22(35)18(16-34)40-25/h12-15,18,22,25,34-35H,2-11,16H2,1H3,(H,37,38)(H,31,32,36,39)/t18-,22-,25-/m1/s1. The second-order valence-corrected chi connectivity index (χ2v) is 9.86. The molecule has 0 radical (unpaired) electrons. The lowest BCUT2D eigenvalue weighted by atomic mass is 9.99. The lowest BCUT2D eigenvalue weighted by Crippen LogP contribution is -2.41. The number of hydrogen-bond acceptors (Lipinski definition) is 8. The van der Waals surface area contributed by atoms with Crippen LogP contribution in [0.15, 0.2) is 29.3 Å². The number of aromatic carboxylic acids is 1. The van der Waals surface area contributed by atoms with Gasteiger partial charge in [-0.2, -0.15) is 13.8 Å². The van der Waals surface area contributed by atoms with Crippen LogP contribution in [0.3, 0.4) is 0 Å². The summed E-state index contributed by atoms with van der Waals surface area (Å²) in [6.45, 7) is 1.29. The zero-order chi connectivity index (χ0) is 29.3. The first-order valence-electron chi connectivity index (χ1n) is 13.6. The predicted molar refractivity (Wildman–Crippen MR) is 141 cm³/mol. The number of carboxylic acids is 1. The molecule has 1 aliphatic rings. The van der Waals surface area contributed by atoms with Crippen molar-refractivity contribution in [1.82, 2.24) is 14.5 Å². The van der Waals surface area contributed by atoms with Gasteiger partial charge in [-0.15, -0.1) is 0 Å². The van der Waals surface area contributed by atoms with Crippen LogP contribution < -0.4 is 11.0 Å². The number of aryl methyl sites for hydroxylation is 1. The normalized spacial score (nSPS) is 20.0. The topological polar surface area (TPSA) is 164 Å². The van der Waals surface area contributed by atoms with Gasteiger partial charge in [0.05, 0.1) is 12.2 Å². The lowest BCUT2D eigenvalue weighted by Gasteiger charge is -2.21. The predicted octanol–water partition coefficient (Wildman–Crippen LogP) is 3.55. The van der Waals surface area contributed by atoms with Gasteiger partial charge in [0.1, 0.15) is 17.6 Å². The Morgan fingerprint density at radius 3 is 2.33 bits per heavy atom. The van der Waals surface area contributed by atoms with Crippen molar-refractivity contribution in [2.24, 2.45) is 0 Å². The van der Waals surface area contributed by atoms with Gasteiger partial charge in [-0.3, -0.25) is 14.3 Å². The van der Waals surface area contributed by atoms with Crippen LogP contribution in [0.4, 0.5) is 14.6 Å². The molecule has 3 heterocycles. The van der Waals surface area contributed by atoms with E-state index in [9.17, 15) is 33.4 Å². The molecule has 2 aromatic rings. The number of aliphatic hydroxyl groups excluding tert-OH is 2. The molecule has 1 amide bonds. The maximum Gasteiger partial charge on any atom is 0.351 e. The molecule has 4 N–H and O–H groups in total. The monoisotopic (exact) mass is 566 g/mol. The first kappa shape index (κ1) is 31.2. The summed E-state index contributed by atoms with van der Waals surface area (Å²) in [4.78, 5) is 44.9. The number of carbonyl (C=O) groups excluding carboxylic acids is 1. The molecule has 0 saturated carbocycles. The van der Waals surface area contributed by atoms with Gasteiger partial charge in [0.15, 0.2) is 6.10 Å². The number of pyridine rings is 1. The number of carbonyl (C=O) groups is 2. The fourth-order valence-electron chi connectivity index (χ4n) is 4.70. The molecule has 0 aromatic carbocycles. The summed E-state index contributed by atoms with van der Waals surface area (Å²) in [6, 6.07) is 2.60. The van der Waals surface area contributed by atoms with Crippen LogP contribution >= 0.6 is 0 Å². The van der Waals surface area contributed by atoms with Crippen LogP contribution in [-0.4, -0.2) is 66.5 Å². The van der Waals surface area contributed by atoms with Gasteiger partial charge in [-0.05, 0) is 30.5 Å². The van der Waals surface area contributed by atoms with Crippen molar-refractivity contribution < 1.29 is 38.4 Å². The Labute approximate surface area is 230 Å². The number of alkyl halides is 2. The number of nitrogens with zero attached hydrogens (tertiary/aromatic N) is 3. The van der Waals surface area contributed by atoms with Gasteiger partial charge in [-0.25, -0.2) is 9.59 Å². The smallest absolute Gasteiger partial charge is 0.351 e. The third kappa shape index (κ3) is 7.46. The number of rotatable bonds is 15. The second-order valence-electron chi connectivity index (χ2n) is 9.86. The average molecular weight is 567 g/mol. The highest BCUT2D eigenvalue weighted by atomic mass is 19.3.